The van der Waals surface area contributed by atoms with Crippen LogP contribution in [0.4, 0.5) is 18.9 Å². The highest BCUT2D eigenvalue weighted by Crippen LogP contribution is 2.34. The molecule has 0 fully saturated rings. The van der Waals surface area contributed by atoms with Crippen molar-refractivity contribution in [2.24, 2.45) is 17.8 Å². The van der Waals surface area contributed by atoms with Gasteiger partial charge in [-0.3, -0.25) is 0 Å². The Balaban J connectivity index is 2.79. The molecule has 0 amide bonds. The maximum Gasteiger partial charge on any atom is 0.416 e. The third-order valence-corrected chi connectivity index (χ3v) is 4.19. The zero-order chi connectivity index (χ0) is 15.5. The summed E-state index contributed by atoms with van der Waals surface area (Å²) >= 11 is 3.20. The Morgan fingerprint density at radius 3 is 2.05 bits per heavy atom. The van der Waals surface area contributed by atoms with Gasteiger partial charge in [-0.15, -0.1) is 0 Å². The summed E-state index contributed by atoms with van der Waals surface area (Å²) in [5, 5.41) is 3.24. The van der Waals surface area contributed by atoms with E-state index in [2.05, 4.69) is 48.9 Å². The van der Waals surface area contributed by atoms with E-state index in [1.165, 1.54) is 6.07 Å². The lowest BCUT2D eigenvalue weighted by Gasteiger charge is -2.26. The molecule has 0 spiro atoms. The van der Waals surface area contributed by atoms with Gasteiger partial charge in [0.25, 0.3) is 0 Å². The van der Waals surface area contributed by atoms with Crippen molar-refractivity contribution in [2.75, 3.05) is 11.9 Å². The topological polar surface area (TPSA) is 12.0 Å². The number of nitrogens with one attached hydrogen (secondary N) is 1. The number of halogens is 4. The molecule has 0 aliphatic carbocycles. The molecule has 1 nitrogen and oxygen atoms in total. The predicted molar refractivity (Wildman–Crippen MR) is 80.8 cm³/mol. The van der Waals surface area contributed by atoms with Gasteiger partial charge in [0.15, 0.2) is 0 Å². The van der Waals surface area contributed by atoms with E-state index in [9.17, 15) is 13.2 Å². The van der Waals surface area contributed by atoms with E-state index < -0.39 is 11.7 Å². The quantitative estimate of drug-likeness (QED) is 0.705. The van der Waals surface area contributed by atoms with Gasteiger partial charge in [-0.05, 0) is 51.9 Å². The molecule has 0 aliphatic heterocycles. The summed E-state index contributed by atoms with van der Waals surface area (Å²) in [6.45, 7) is 9.39. The Labute approximate surface area is 127 Å². The van der Waals surface area contributed by atoms with E-state index >= 15 is 0 Å². The van der Waals surface area contributed by atoms with E-state index in [1.54, 1.807) is 0 Å². The van der Waals surface area contributed by atoms with Gasteiger partial charge in [0, 0.05) is 16.7 Å². The third kappa shape index (κ3) is 4.69. The second kappa shape index (κ2) is 6.83. The molecule has 0 atom stereocenters. The van der Waals surface area contributed by atoms with Crippen LogP contribution in [0.15, 0.2) is 22.7 Å². The SMILES string of the molecule is CC(C)C(CNc1ccc(C(F)(F)F)cc1Br)C(C)C. The fraction of sp³-hybridized carbons (Fsp3) is 0.600. The molecular formula is C15H21BrF3N. The second-order valence-electron chi connectivity index (χ2n) is 5.73. The van der Waals surface area contributed by atoms with Crippen LogP contribution in [-0.4, -0.2) is 6.54 Å². The van der Waals surface area contributed by atoms with Crippen molar-refractivity contribution >= 4 is 21.6 Å². The first-order valence-electron chi connectivity index (χ1n) is 6.73. The summed E-state index contributed by atoms with van der Waals surface area (Å²) in [5.41, 5.74) is 0.0588. The van der Waals surface area contributed by atoms with Gasteiger partial charge in [-0.25, -0.2) is 0 Å². The first-order chi connectivity index (χ1) is 9.12. The number of alkyl halides is 3. The van der Waals surface area contributed by atoms with Crippen LogP contribution in [-0.2, 0) is 6.18 Å². The van der Waals surface area contributed by atoms with Gasteiger partial charge in [0.05, 0.1) is 5.56 Å². The molecule has 1 N–H and O–H groups in total. The van der Waals surface area contributed by atoms with Crippen molar-refractivity contribution in [3.63, 3.8) is 0 Å². The smallest absolute Gasteiger partial charge is 0.384 e. The van der Waals surface area contributed by atoms with Crippen LogP contribution in [0.1, 0.15) is 33.3 Å². The summed E-state index contributed by atoms with van der Waals surface area (Å²) in [6, 6.07) is 3.69. The summed E-state index contributed by atoms with van der Waals surface area (Å²) in [4.78, 5) is 0. The zero-order valence-corrected chi connectivity index (χ0v) is 13.8. The van der Waals surface area contributed by atoms with Crippen LogP contribution in [0.2, 0.25) is 0 Å². The maximum absolute atomic E-state index is 12.6. The minimum Gasteiger partial charge on any atom is -0.384 e. The molecule has 1 aromatic rings. The molecule has 114 valence electrons. The molecule has 0 aliphatic rings. The van der Waals surface area contributed by atoms with Crippen LogP contribution in [0.3, 0.4) is 0 Å². The van der Waals surface area contributed by atoms with Gasteiger partial charge < -0.3 is 5.32 Å². The van der Waals surface area contributed by atoms with E-state index in [4.69, 9.17) is 0 Å². The number of rotatable bonds is 5. The molecule has 0 bridgehead atoms. The minimum atomic E-state index is -4.31. The van der Waals surface area contributed by atoms with Crippen LogP contribution in [0.5, 0.6) is 0 Å². The van der Waals surface area contributed by atoms with Gasteiger partial charge in [-0.2, -0.15) is 13.2 Å². The average molecular weight is 352 g/mol. The highest BCUT2D eigenvalue weighted by molar-refractivity contribution is 9.10. The molecule has 1 rings (SSSR count). The summed E-state index contributed by atoms with van der Waals surface area (Å²) in [6.07, 6.45) is -4.31. The molecular weight excluding hydrogens is 331 g/mol. The van der Waals surface area contributed by atoms with Crippen molar-refractivity contribution in [2.45, 2.75) is 33.9 Å². The van der Waals surface area contributed by atoms with Gasteiger partial charge in [0.1, 0.15) is 0 Å². The third-order valence-electron chi connectivity index (χ3n) is 3.54. The molecule has 0 aromatic heterocycles. The molecule has 0 heterocycles. The summed E-state index contributed by atoms with van der Waals surface area (Å²) in [7, 11) is 0. The molecule has 20 heavy (non-hydrogen) atoms. The van der Waals surface area contributed by atoms with E-state index in [0.717, 1.165) is 18.7 Å². The normalized spacial score (nSPS) is 12.6. The first kappa shape index (κ1) is 17.3. The second-order valence-corrected chi connectivity index (χ2v) is 6.58. The van der Waals surface area contributed by atoms with E-state index in [0.29, 0.717) is 27.9 Å². The Kier molecular flexibility index (Phi) is 5.92. The Hall–Kier alpha value is -0.710. The highest BCUT2D eigenvalue weighted by atomic mass is 79.9. The number of anilines is 1. The lowest BCUT2D eigenvalue weighted by molar-refractivity contribution is -0.137. The largest absolute Gasteiger partial charge is 0.416 e. The van der Waals surface area contributed by atoms with E-state index in [1.807, 2.05) is 0 Å². The maximum atomic E-state index is 12.6. The summed E-state index contributed by atoms with van der Waals surface area (Å²) < 4.78 is 38.2. The molecule has 1 aromatic carbocycles. The van der Waals surface area contributed by atoms with Crippen LogP contribution in [0.25, 0.3) is 0 Å². The molecule has 0 saturated heterocycles. The van der Waals surface area contributed by atoms with Gasteiger partial charge in [-0.1, -0.05) is 27.7 Å². The van der Waals surface area contributed by atoms with Crippen LogP contribution < -0.4 is 5.32 Å². The number of hydrogen-bond donors (Lipinski definition) is 1. The fourth-order valence-electron chi connectivity index (χ4n) is 2.30. The Morgan fingerprint density at radius 1 is 1.10 bits per heavy atom. The molecule has 0 radical (unpaired) electrons. The lowest BCUT2D eigenvalue weighted by atomic mass is 9.85. The number of hydrogen-bond acceptors (Lipinski definition) is 1. The van der Waals surface area contributed by atoms with E-state index in [-0.39, 0.29) is 0 Å². The van der Waals surface area contributed by atoms with Crippen LogP contribution in [0, 0.1) is 17.8 Å². The number of benzene rings is 1. The molecule has 5 heteroatoms. The summed E-state index contributed by atoms with van der Waals surface area (Å²) in [5.74, 6) is 1.52. The van der Waals surface area contributed by atoms with Crippen molar-refractivity contribution in [1.82, 2.24) is 0 Å². The Morgan fingerprint density at radius 2 is 1.65 bits per heavy atom. The zero-order valence-electron chi connectivity index (χ0n) is 12.2. The average Bonchev–Trinajstić information content (AvgIpc) is 2.28. The van der Waals surface area contributed by atoms with Crippen molar-refractivity contribution in [1.29, 1.82) is 0 Å². The standard InChI is InChI=1S/C15H21BrF3N/c1-9(2)12(10(3)4)8-20-14-6-5-11(7-13(14)16)15(17,18)19/h5-7,9-10,12,20H,8H2,1-4H3. The van der Waals surface area contributed by atoms with Gasteiger partial charge >= 0.3 is 6.18 Å². The lowest BCUT2D eigenvalue weighted by Crippen LogP contribution is -2.24. The monoisotopic (exact) mass is 351 g/mol. The van der Waals surface area contributed by atoms with Crippen LogP contribution >= 0.6 is 15.9 Å². The molecule has 0 unspecified atom stereocenters. The van der Waals surface area contributed by atoms with Gasteiger partial charge in [0.2, 0.25) is 0 Å². The van der Waals surface area contributed by atoms with Crippen molar-refractivity contribution in [3.05, 3.63) is 28.2 Å². The first-order valence-corrected chi connectivity index (χ1v) is 7.52. The van der Waals surface area contributed by atoms with Crippen molar-refractivity contribution < 1.29 is 13.2 Å². The highest BCUT2D eigenvalue weighted by Gasteiger charge is 2.30. The minimum absolute atomic E-state index is 0.443. The predicted octanol–water partition coefficient (Wildman–Crippen LogP) is 5.81. The van der Waals surface area contributed by atoms with Crippen molar-refractivity contribution in [3.8, 4) is 0 Å². The fourth-order valence-corrected chi connectivity index (χ4v) is 2.82. The molecule has 0 saturated carbocycles. The Bertz CT molecular complexity index is 433.